The van der Waals surface area contributed by atoms with E-state index < -0.39 is 24.4 Å². The second-order valence-electron chi connectivity index (χ2n) is 4.21. The zero-order valence-corrected chi connectivity index (χ0v) is 28.2. The number of primary amides is 2. The molecule has 0 bridgehead atoms. The van der Waals surface area contributed by atoms with E-state index in [-0.39, 0.29) is 32.6 Å². The Bertz CT molecular complexity index is 567. The summed E-state index contributed by atoms with van der Waals surface area (Å²) < 4.78 is 20.9. The van der Waals surface area contributed by atoms with Crippen molar-refractivity contribution in [1.29, 1.82) is 0 Å². The van der Waals surface area contributed by atoms with Gasteiger partial charge in [-0.25, -0.2) is 19.2 Å². The summed E-state index contributed by atoms with van der Waals surface area (Å²) in [6, 6.07) is 0. The molecule has 4 amide bonds. The van der Waals surface area contributed by atoms with Crippen molar-refractivity contribution in [2.45, 2.75) is 0 Å². The molecule has 0 aliphatic carbocycles. The molecule has 198 valence electrons. The van der Waals surface area contributed by atoms with E-state index in [1.807, 2.05) is 26.6 Å². The maximum atomic E-state index is 11.1. The van der Waals surface area contributed by atoms with E-state index in [4.69, 9.17) is 0 Å². The van der Waals surface area contributed by atoms with Gasteiger partial charge in [0, 0.05) is 13.1 Å². The van der Waals surface area contributed by atoms with Gasteiger partial charge in [-0.15, -0.1) is 0 Å². The molecule has 0 aromatic heterocycles. The monoisotopic (exact) mass is 698 g/mol. The number of hydrogen-bond donors (Lipinski definition) is 4. The number of carbonyl (C=O) groups is 4. The minimum Gasteiger partial charge on any atom is -0.492 e. The van der Waals surface area contributed by atoms with Gasteiger partial charge in [0.1, 0.15) is 0 Å². The second-order valence-corrected chi connectivity index (χ2v) is 9.25. The fraction of sp³-hybridized carbons (Fsp3) is 0.500. The van der Waals surface area contributed by atoms with Gasteiger partial charge in [0.15, 0.2) is 44.3 Å². The molecule has 0 spiro atoms. The third kappa shape index (κ3) is 41.0. The van der Waals surface area contributed by atoms with Crippen molar-refractivity contribution in [2.24, 2.45) is 11.5 Å². The minimum absolute atomic E-state index is 0. The van der Waals surface area contributed by atoms with Gasteiger partial charge >= 0.3 is 43.9 Å². The molecule has 0 fully saturated rings. The Hall–Kier alpha value is -0.417. The number of carbonyl (C=O) groups excluding carboxylic acids is 4. The van der Waals surface area contributed by atoms with Crippen molar-refractivity contribution >= 4 is 128 Å². The molecular weight excluding hydrogens is 678 g/mol. The zero-order chi connectivity index (χ0) is 26.8. The van der Waals surface area contributed by atoms with E-state index in [2.05, 4.69) is 74.3 Å². The van der Waals surface area contributed by atoms with Crippen LogP contribution in [0.2, 0.25) is 0 Å². The molecule has 0 unspecified atom stereocenters. The molecule has 6 N–H and O–H groups in total. The topological polar surface area (TPSA) is 188 Å². The summed E-state index contributed by atoms with van der Waals surface area (Å²) in [7, 11) is 3.72. The van der Waals surface area contributed by atoms with E-state index >= 15 is 0 Å². The minimum atomic E-state index is -1.03. The second kappa shape index (κ2) is 31.6. The maximum absolute atomic E-state index is 11.1. The van der Waals surface area contributed by atoms with Crippen LogP contribution in [0.25, 0.3) is 0 Å². The Morgan fingerprint density at radius 1 is 0.743 bits per heavy atom. The third-order valence-corrected chi connectivity index (χ3v) is 6.20. The number of nitrogens with two attached hydrogens (primary N) is 2. The third-order valence-electron chi connectivity index (χ3n) is 1.98. The Labute approximate surface area is 251 Å². The van der Waals surface area contributed by atoms with Crippen molar-refractivity contribution in [3.63, 3.8) is 0 Å². The van der Waals surface area contributed by atoms with Gasteiger partial charge in [0.25, 0.3) is 0 Å². The fourth-order valence-electron chi connectivity index (χ4n) is 0.647. The van der Waals surface area contributed by atoms with E-state index in [9.17, 15) is 19.2 Å². The van der Waals surface area contributed by atoms with Gasteiger partial charge in [-0.05, 0) is 26.6 Å². The molecule has 0 rings (SSSR count). The fourth-order valence-corrected chi connectivity index (χ4v) is 2.84. The largest absolute Gasteiger partial charge is 2.00 e. The molecule has 0 radical (unpaired) electrons. The molecular formula is C12H22N6O8S8Zn. The molecule has 0 aliphatic rings. The van der Waals surface area contributed by atoms with Gasteiger partial charge in [0.05, 0.1) is 0 Å². The standard InChI is InChI=1S/C6H10N4O8S4.2C3H6NS2.Zn/c7-3(11)15-19-21-17-5(13)9-1-2-10-6(14)18-22-20-16-4(8)12;2*1-4(3-5)6-2;/h1-2H2,(H2,7,11)(H2,8,12)(H,9,13)(H,10,14);2*1-2H3;/q;2*-1;+2. The van der Waals surface area contributed by atoms with Crippen LogP contribution in [-0.4, -0.2) is 83.7 Å². The normalized spacial score (nSPS) is 8.46. The first-order valence-electron chi connectivity index (χ1n) is 7.85. The first-order chi connectivity index (χ1) is 16.0. The van der Waals surface area contributed by atoms with Crippen molar-refractivity contribution in [3.8, 4) is 0 Å². The molecule has 0 atom stereocenters. The Kier molecular flexibility index (Phi) is 37.7. The van der Waals surface area contributed by atoms with Gasteiger partial charge in [-0.1, -0.05) is 23.9 Å². The summed E-state index contributed by atoms with van der Waals surface area (Å²) in [6.45, 7) is 0.0941. The van der Waals surface area contributed by atoms with Gasteiger partial charge < -0.3 is 82.9 Å². The summed E-state index contributed by atoms with van der Waals surface area (Å²) in [5, 5.41) is 4.55. The molecule has 0 heterocycles. The summed E-state index contributed by atoms with van der Waals surface area (Å²) >= 11 is 13.8. The van der Waals surface area contributed by atoms with Crippen LogP contribution in [0.1, 0.15) is 0 Å². The molecule has 0 saturated heterocycles. The number of hydrogen-bond acceptors (Lipinski definition) is 16. The van der Waals surface area contributed by atoms with E-state index in [0.717, 1.165) is 0 Å². The first-order valence-corrected chi connectivity index (χ1v) is 15.0. The first kappa shape index (κ1) is 41.7. The zero-order valence-electron chi connectivity index (χ0n) is 18.7. The van der Waals surface area contributed by atoms with Crippen LogP contribution >= 0.6 is 92.6 Å². The predicted molar refractivity (Wildman–Crippen MR) is 148 cm³/mol. The number of amides is 4. The van der Waals surface area contributed by atoms with E-state index in [1.54, 1.807) is 32.5 Å². The summed E-state index contributed by atoms with van der Waals surface area (Å²) in [6.07, 6.45) is 0.197. The van der Waals surface area contributed by atoms with Crippen LogP contribution in [-0.2, 0) is 36.2 Å². The average Bonchev–Trinajstić information content (AvgIpc) is 2.81. The van der Waals surface area contributed by atoms with Crippen molar-refractivity contribution in [3.05, 3.63) is 0 Å². The van der Waals surface area contributed by atoms with E-state index in [1.165, 1.54) is 0 Å². The quantitative estimate of drug-likeness (QED) is 0.0320. The van der Waals surface area contributed by atoms with E-state index in [0.29, 0.717) is 44.3 Å². The van der Waals surface area contributed by atoms with Crippen LogP contribution in [0.5, 0.6) is 0 Å². The van der Waals surface area contributed by atoms with Crippen LogP contribution in [0, 0.1) is 0 Å². The smallest absolute Gasteiger partial charge is 0.492 e. The Balaban J connectivity index is -0.000000304. The van der Waals surface area contributed by atoms with Crippen molar-refractivity contribution < 1.29 is 55.4 Å². The maximum Gasteiger partial charge on any atom is 2.00 e. The summed E-state index contributed by atoms with van der Waals surface area (Å²) in [5.41, 5.74) is 14.3. The van der Waals surface area contributed by atoms with Crippen molar-refractivity contribution in [1.82, 2.24) is 19.2 Å². The molecule has 14 nitrogen and oxygen atoms in total. The SMILES string of the molecule is CSN(C)[C-]=S.CSN(C)[C-]=S.NC(=O)OSSOC(=O)NCCNC(=O)OSSOC(N)=O.[Zn+2]. The molecule has 35 heavy (non-hydrogen) atoms. The van der Waals surface area contributed by atoms with Crippen LogP contribution in [0.15, 0.2) is 0 Å². The van der Waals surface area contributed by atoms with Gasteiger partial charge in [-0.3, -0.25) is 0 Å². The molecule has 0 aromatic rings. The summed E-state index contributed by atoms with van der Waals surface area (Å²) in [4.78, 5) is 42.5. The number of thiocarbonyl (C=S) groups is 2. The molecule has 0 aliphatic heterocycles. The van der Waals surface area contributed by atoms with Gasteiger partial charge in [0.2, 0.25) is 0 Å². The Morgan fingerprint density at radius 3 is 1.23 bits per heavy atom. The predicted octanol–water partition coefficient (Wildman–Crippen LogP) is 3.11. The average molecular weight is 700 g/mol. The van der Waals surface area contributed by atoms with Crippen molar-refractivity contribution in [2.75, 3.05) is 39.7 Å². The van der Waals surface area contributed by atoms with Crippen LogP contribution in [0.4, 0.5) is 19.2 Å². The number of nitrogens with one attached hydrogen (secondary N) is 2. The molecule has 0 saturated carbocycles. The molecule has 0 aromatic carbocycles. The van der Waals surface area contributed by atoms with Crippen LogP contribution < -0.4 is 22.1 Å². The van der Waals surface area contributed by atoms with Gasteiger partial charge in [-0.2, -0.15) is 0 Å². The number of rotatable bonds is 13. The van der Waals surface area contributed by atoms with Crippen LogP contribution in [0.3, 0.4) is 0 Å². The number of nitrogens with zero attached hydrogens (tertiary/aromatic N) is 2. The summed E-state index contributed by atoms with van der Waals surface area (Å²) in [5.74, 6) is 0. The molecule has 23 heteroatoms. The Morgan fingerprint density at radius 2 is 1.03 bits per heavy atom.